The van der Waals surface area contributed by atoms with E-state index in [1.165, 1.54) is 0 Å². The van der Waals surface area contributed by atoms with Gasteiger partial charge in [0.2, 0.25) is 0 Å². The second kappa shape index (κ2) is 6.71. The van der Waals surface area contributed by atoms with Gasteiger partial charge in [-0.05, 0) is 28.4 Å². The minimum absolute atomic E-state index is 0.0420. The fourth-order valence-electron chi connectivity index (χ4n) is 2.10. The van der Waals surface area contributed by atoms with Gasteiger partial charge in [0.25, 0.3) is 0 Å². The zero-order valence-electron chi connectivity index (χ0n) is 11.8. The largest absolute Gasteiger partial charge is 0.496 e. The van der Waals surface area contributed by atoms with Gasteiger partial charge < -0.3 is 4.74 Å². The van der Waals surface area contributed by atoms with Crippen LogP contribution in [-0.2, 0) is 19.9 Å². The van der Waals surface area contributed by atoms with E-state index in [4.69, 9.17) is 10.6 Å². The Morgan fingerprint density at radius 1 is 1.60 bits per heavy atom. The lowest BCUT2D eigenvalue weighted by Crippen LogP contribution is -2.29. The minimum atomic E-state index is 0.0420. The second-order valence-electron chi connectivity index (χ2n) is 4.50. The number of methoxy groups -OCH3 is 1. The fraction of sp³-hybridized carbons (Fsp3) is 0.462. The van der Waals surface area contributed by atoms with E-state index in [0.29, 0.717) is 0 Å². The molecule has 2 rings (SSSR count). The first-order valence-corrected chi connectivity index (χ1v) is 8.06. The van der Waals surface area contributed by atoms with Crippen molar-refractivity contribution >= 4 is 27.3 Å². The molecule has 0 bridgehead atoms. The highest BCUT2D eigenvalue weighted by Gasteiger charge is 2.19. The molecule has 20 heavy (non-hydrogen) atoms. The van der Waals surface area contributed by atoms with Crippen molar-refractivity contribution in [1.82, 2.24) is 15.2 Å². The molecule has 0 radical (unpaired) electrons. The maximum Gasteiger partial charge on any atom is 0.129 e. The Bertz CT molecular complexity index is 581. The molecule has 0 aromatic carbocycles. The molecule has 3 N–H and O–H groups in total. The van der Waals surface area contributed by atoms with E-state index < -0.39 is 0 Å². The van der Waals surface area contributed by atoms with Crippen molar-refractivity contribution in [1.29, 1.82) is 0 Å². The van der Waals surface area contributed by atoms with Gasteiger partial charge in [-0.25, -0.2) is 0 Å². The molecule has 5 nitrogen and oxygen atoms in total. The third kappa shape index (κ3) is 3.06. The zero-order chi connectivity index (χ0) is 14.7. The maximum absolute atomic E-state index is 5.71. The monoisotopic (exact) mass is 358 g/mol. The summed E-state index contributed by atoms with van der Waals surface area (Å²) in [6, 6.07) is 2.06. The van der Waals surface area contributed by atoms with Crippen LogP contribution in [0.15, 0.2) is 15.9 Å². The summed E-state index contributed by atoms with van der Waals surface area (Å²) in [6.45, 7) is 2.10. The topological polar surface area (TPSA) is 65.1 Å². The summed E-state index contributed by atoms with van der Waals surface area (Å²) in [7, 11) is 3.63. The number of nitrogens with zero attached hydrogens (tertiary/aromatic N) is 2. The SMILES string of the molecule is CCc1nn(C)c(CC(NN)c2cc(OC)cs2)c1Br. The van der Waals surface area contributed by atoms with Crippen molar-refractivity contribution < 1.29 is 4.74 Å². The van der Waals surface area contributed by atoms with E-state index >= 15 is 0 Å². The smallest absolute Gasteiger partial charge is 0.129 e. The van der Waals surface area contributed by atoms with Gasteiger partial charge >= 0.3 is 0 Å². The van der Waals surface area contributed by atoms with Crippen LogP contribution in [0.1, 0.15) is 29.2 Å². The van der Waals surface area contributed by atoms with E-state index in [9.17, 15) is 0 Å². The number of ether oxygens (including phenoxy) is 1. The molecule has 0 aliphatic carbocycles. The summed E-state index contributed by atoms with van der Waals surface area (Å²) < 4.78 is 8.21. The lowest BCUT2D eigenvalue weighted by Gasteiger charge is -2.14. The summed E-state index contributed by atoms with van der Waals surface area (Å²) in [5, 5.41) is 6.49. The summed E-state index contributed by atoms with van der Waals surface area (Å²) in [4.78, 5) is 1.15. The molecule has 0 saturated carbocycles. The standard InChI is InChI=1S/C13H19BrN4OS/c1-4-9-13(14)11(18(2)17-9)6-10(16-15)12-5-8(19-3)7-20-12/h5,7,10,16H,4,6,15H2,1-3H3. The Labute approximate surface area is 131 Å². The first kappa shape index (κ1) is 15.5. The average Bonchev–Trinajstić information content (AvgIpc) is 3.02. The first-order chi connectivity index (χ1) is 9.60. The molecule has 110 valence electrons. The number of nitrogens with one attached hydrogen (secondary N) is 1. The van der Waals surface area contributed by atoms with Gasteiger partial charge in [-0.1, -0.05) is 6.92 Å². The van der Waals surface area contributed by atoms with Crippen molar-refractivity contribution in [3.05, 3.63) is 32.2 Å². The predicted molar refractivity (Wildman–Crippen MR) is 84.9 cm³/mol. The Kier molecular flexibility index (Phi) is 5.20. The molecule has 2 aromatic heterocycles. The van der Waals surface area contributed by atoms with Crippen LogP contribution >= 0.6 is 27.3 Å². The fourth-order valence-corrected chi connectivity index (χ4v) is 3.80. The molecule has 2 heterocycles. The molecule has 0 spiro atoms. The molecule has 7 heteroatoms. The molecule has 0 amide bonds. The van der Waals surface area contributed by atoms with Gasteiger partial charge in [-0.15, -0.1) is 11.3 Å². The number of hydrogen-bond donors (Lipinski definition) is 2. The normalized spacial score (nSPS) is 12.7. The van der Waals surface area contributed by atoms with Crippen LogP contribution in [0.25, 0.3) is 0 Å². The van der Waals surface area contributed by atoms with Crippen LogP contribution in [0, 0.1) is 0 Å². The summed E-state index contributed by atoms with van der Waals surface area (Å²) >= 11 is 5.28. The average molecular weight is 359 g/mol. The van der Waals surface area contributed by atoms with E-state index in [1.54, 1.807) is 18.4 Å². The maximum atomic E-state index is 5.71. The second-order valence-corrected chi connectivity index (χ2v) is 6.23. The van der Waals surface area contributed by atoms with Crippen molar-refractivity contribution in [2.45, 2.75) is 25.8 Å². The number of hydrazine groups is 1. The summed E-state index contributed by atoms with van der Waals surface area (Å²) in [6.07, 6.45) is 1.67. The van der Waals surface area contributed by atoms with E-state index in [1.807, 2.05) is 23.2 Å². The number of hydrogen-bond acceptors (Lipinski definition) is 5. The number of rotatable bonds is 6. The van der Waals surface area contributed by atoms with Gasteiger partial charge in [-0.3, -0.25) is 16.0 Å². The van der Waals surface area contributed by atoms with E-state index in [2.05, 4.69) is 33.4 Å². The Balaban J connectivity index is 2.24. The number of aromatic nitrogens is 2. The van der Waals surface area contributed by atoms with Gasteiger partial charge in [0.15, 0.2) is 0 Å². The highest BCUT2D eigenvalue weighted by molar-refractivity contribution is 9.10. The molecular weight excluding hydrogens is 340 g/mol. The number of halogens is 1. The molecule has 1 unspecified atom stereocenters. The Morgan fingerprint density at radius 3 is 2.85 bits per heavy atom. The molecule has 0 fully saturated rings. The van der Waals surface area contributed by atoms with Crippen LogP contribution in [0.3, 0.4) is 0 Å². The molecule has 0 aliphatic rings. The van der Waals surface area contributed by atoms with Gasteiger partial charge in [-0.2, -0.15) is 5.10 Å². The van der Waals surface area contributed by atoms with Crippen LogP contribution in [0.5, 0.6) is 5.75 Å². The Morgan fingerprint density at radius 2 is 2.35 bits per heavy atom. The third-order valence-electron chi connectivity index (χ3n) is 3.28. The van der Waals surface area contributed by atoms with Crippen LogP contribution in [0.4, 0.5) is 0 Å². The quantitative estimate of drug-likeness (QED) is 0.615. The molecule has 0 saturated heterocycles. The molecular formula is C13H19BrN4OS. The zero-order valence-corrected chi connectivity index (χ0v) is 14.2. The molecule has 0 aliphatic heterocycles. The number of nitrogens with two attached hydrogens (primary N) is 1. The van der Waals surface area contributed by atoms with Crippen molar-refractivity contribution in [2.24, 2.45) is 12.9 Å². The van der Waals surface area contributed by atoms with E-state index in [0.717, 1.165) is 39.3 Å². The number of aryl methyl sites for hydroxylation is 2. The van der Waals surface area contributed by atoms with Crippen molar-refractivity contribution in [2.75, 3.05) is 7.11 Å². The lowest BCUT2D eigenvalue weighted by molar-refractivity contribution is 0.415. The summed E-state index contributed by atoms with van der Waals surface area (Å²) in [5.41, 5.74) is 5.09. The third-order valence-corrected chi connectivity index (χ3v) is 5.22. The van der Waals surface area contributed by atoms with E-state index in [-0.39, 0.29) is 6.04 Å². The summed E-state index contributed by atoms with van der Waals surface area (Å²) in [5.74, 6) is 6.58. The van der Waals surface area contributed by atoms with Crippen LogP contribution in [0.2, 0.25) is 0 Å². The van der Waals surface area contributed by atoms with Gasteiger partial charge in [0.1, 0.15) is 5.75 Å². The lowest BCUT2D eigenvalue weighted by atomic mass is 10.1. The molecule has 1 atom stereocenters. The first-order valence-electron chi connectivity index (χ1n) is 6.39. The van der Waals surface area contributed by atoms with Crippen molar-refractivity contribution in [3.63, 3.8) is 0 Å². The molecule has 2 aromatic rings. The minimum Gasteiger partial charge on any atom is -0.496 e. The van der Waals surface area contributed by atoms with Crippen LogP contribution in [-0.4, -0.2) is 16.9 Å². The predicted octanol–water partition coefficient (Wildman–Crippen LogP) is 2.56. The van der Waals surface area contributed by atoms with Crippen molar-refractivity contribution in [3.8, 4) is 5.75 Å². The number of thiophene rings is 1. The Hall–Kier alpha value is -0.890. The highest BCUT2D eigenvalue weighted by Crippen LogP contribution is 2.31. The van der Waals surface area contributed by atoms with Crippen LogP contribution < -0.4 is 16.0 Å². The van der Waals surface area contributed by atoms with Gasteiger partial charge in [0.05, 0.1) is 29.0 Å². The van der Waals surface area contributed by atoms with Gasteiger partial charge in [0, 0.05) is 23.7 Å². The highest BCUT2D eigenvalue weighted by atomic mass is 79.9.